The minimum absolute atomic E-state index is 0. The quantitative estimate of drug-likeness (QED) is 0.107. The van der Waals surface area contributed by atoms with Gasteiger partial charge in [-0.1, -0.05) is 118 Å². The van der Waals surface area contributed by atoms with E-state index < -0.39 is 20.1 Å². The number of aryl methyl sites for hydroxylation is 3. The van der Waals surface area contributed by atoms with E-state index in [-0.39, 0.29) is 43.9 Å². The van der Waals surface area contributed by atoms with Crippen molar-refractivity contribution in [1.29, 1.82) is 0 Å². The van der Waals surface area contributed by atoms with Gasteiger partial charge in [0.1, 0.15) is 5.58 Å². The van der Waals surface area contributed by atoms with E-state index in [9.17, 15) is 0 Å². The zero-order valence-electron chi connectivity index (χ0n) is 43.6. The third kappa shape index (κ3) is 9.50. The minimum atomic E-state index is -2.12. The maximum Gasteiger partial charge on any atom is 0 e. The Morgan fingerprint density at radius 2 is 1.40 bits per heavy atom. The van der Waals surface area contributed by atoms with Crippen LogP contribution in [0.5, 0.6) is 0 Å². The molecule has 0 bridgehead atoms. The molecule has 5 nitrogen and oxygen atoms in total. The van der Waals surface area contributed by atoms with E-state index in [1.54, 1.807) is 12.1 Å². The molecule has 0 spiro atoms. The first-order valence-electron chi connectivity index (χ1n) is 24.9. The van der Waals surface area contributed by atoms with Crippen LogP contribution in [0.25, 0.3) is 83.7 Å². The number of nitrogens with zero attached hydrogens (tertiary/aromatic N) is 4. The molecule has 0 saturated heterocycles. The van der Waals surface area contributed by atoms with Crippen LogP contribution in [0.15, 0.2) is 150 Å². The number of furan rings is 1. The number of aromatic nitrogens is 4. The van der Waals surface area contributed by atoms with Crippen molar-refractivity contribution < 1.29 is 30.0 Å². The predicted molar refractivity (Wildman–Crippen MR) is 280 cm³/mol. The van der Waals surface area contributed by atoms with Crippen molar-refractivity contribution >= 4 is 50.6 Å². The van der Waals surface area contributed by atoms with Crippen molar-refractivity contribution in [1.82, 2.24) is 19.5 Å². The van der Waals surface area contributed by atoms with E-state index in [0.717, 1.165) is 78.1 Å². The molecule has 1 radical (unpaired) electrons. The van der Waals surface area contributed by atoms with E-state index in [2.05, 4.69) is 165 Å². The van der Waals surface area contributed by atoms with Gasteiger partial charge in [-0.2, -0.15) is 0 Å². The molecule has 7 heteroatoms. The molecular weight excluding hydrogens is 1060 g/mol. The van der Waals surface area contributed by atoms with Crippen molar-refractivity contribution in [3.8, 4) is 50.7 Å². The first-order chi connectivity index (χ1) is 33.4. The van der Waals surface area contributed by atoms with Gasteiger partial charge >= 0.3 is 124 Å². The Bertz CT molecular complexity index is 3480. The van der Waals surface area contributed by atoms with E-state index in [4.69, 9.17) is 19.9 Å². The van der Waals surface area contributed by atoms with Gasteiger partial charge in [-0.25, -0.2) is 0 Å². The van der Waals surface area contributed by atoms with Crippen molar-refractivity contribution in [2.24, 2.45) is 0 Å². The predicted octanol–water partition coefficient (Wildman–Crippen LogP) is 15.6. The molecular formula is C60H58GeIrN4O-2. The molecule has 0 N–H and O–H groups in total. The normalized spacial score (nSPS) is 13.2. The Balaban J connectivity index is 0.000000238. The summed E-state index contributed by atoms with van der Waals surface area (Å²) in [6.45, 7) is 10.9. The molecule has 0 aliphatic heterocycles. The van der Waals surface area contributed by atoms with E-state index >= 15 is 0 Å². The van der Waals surface area contributed by atoms with Crippen LogP contribution in [0.2, 0.25) is 17.3 Å². The fraction of sp³-hybridized carbons (Fsp3) is 0.217. The molecule has 0 amide bonds. The average molecular weight is 1120 g/mol. The molecule has 0 aliphatic carbocycles. The van der Waals surface area contributed by atoms with E-state index in [0.29, 0.717) is 0 Å². The summed E-state index contributed by atoms with van der Waals surface area (Å²) < 4.78 is 40.6. The van der Waals surface area contributed by atoms with Crippen LogP contribution in [0.3, 0.4) is 0 Å². The van der Waals surface area contributed by atoms with Crippen molar-refractivity contribution in [2.45, 2.75) is 83.9 Å². The standard InChI is InChI=1S/C43H36N3O.C17H22GeN.Ir/c1-26(2)35-23-31(29-15-8-6-9-16-29)24-36(27(3)4)41(35)46-38-25-37(30-17-10-7-11-18-30)44-28(5)40(38)45-43(46)34-21-14-20-33-32-19-12-13-22-39(32)47-42(33)34;1-6-14-11-17(15-9-7-13(2)8-10-15)19-12-16(14)18(3,4)5;/h6-20,22-27H,1-5H3;7-9,11-12H,6H2,1-5H3;/q2*-1;/i;2D3,6D;. The number of fused-ring (bicyclic) bond motifs is 4. The Kier molecular flexibility index (Phi) is 12.5. The molecule has 10 aromatic rings. The molecule has 4 aromatic heterocycles. The van der Waals surface area contributed by atoms with Crippen LogP contribution < -0.4 is 4.40 Å². The summed E-state index contributed by atoms with van der Waals surface area (Å²) in [5, 5.41) is 2.14. The minimum Gasteiger partial charge on any atom is 0 e. The van der Waals surface area contributed by atoms with Crippen molar-refractivity contribution in [3.63, 3.8) is 0 Å². The van der Waals surface area contributed by atoms with Gasteiger partial charge in [0, 0.05) is 36.7 Å². The summed E-state index contributed by atoms with van der Waals surface area (Å²) in [7, 11) is 0. The first-order valence-corrected chi connectivity index (χ1v) is 30.2. The molecule has 1 unspecified atom stereocenters. The van der Waals surface area contributed by atoms with Gasteiger partial charge < -0.3 is 8.98 Å². The zero-order chi connectivity index (χ0) is 49.6. The van der Waals surface area contributed by atoms with Crippen LogP contribution in [0.4, 0.5) is 0 Å². The summed E-state index contributed by atoms with van der Waals surface area (Å²) >= 11 is -2.09. The molecule has 339 valence electrons. The molecule has 0 aliphatic rings. The monoisotopic (exact) mass is 1120 g/mol. The van der Waals surface area contributed by atoms with E-state index in [1.165, 1.54) is 38.4 Å². The van der Waals surface area contributed by atoms with Gasteiger partial charge in [-0.3, -0.25) is 9.97 Å². The summed E-state index contributed by atoms with van der Waals surface area (Å²) in [5.41, 5.74) is 16.2. The molecule has 10 rings (SSSR count). The number of para-hydroxylation sites is 1. The van der Waals surface area contributed by atoms with Crippen LogP contribution in [0, 0.1) is 25.9 Å². The smallest absolute Gasteiger partial charge is 0 e. The number of benzene rings is 6. The number of hydrogen-bond acceptors (Lipinski definition) is 4. The maximum absolute atomic E-state index is 8.13. The molecule has 6 aromatic carbocycles. The van der Waals surface area contributed by atoms with Gasteiger partial charge in [0.05, 0.1) is 33.8 Å². The third-order valence-corrected chi connectivity index (χ3v) is 16.6. The maximum atomic E-state index is 8.13. The third-order valence-electron chi connectivity index (χ3n) is 12.3. The Morgan fingerprint density at radius 1 is 0.731 bits per heavy atom. The number of rotatable bonds is 9. The van der Waals surface area contributed by atoms with Crippen LogP contribution in [-0.2, 0) is 26.5 Å². The van der Waals surface area contributed by atoms with Gasteiger partial charge in [0.2, 0.25) is 0 Å². The summed E-state index contributed by atoms with van der Waals surface area (Å²) in [6, 6.07) is 53.7. The fourth-order valence-corrected chi connectivity index (χ4v) is 12.1. The number of pyridine rings is 2. The summed E-state index contributed by atoms with van der Waals surface area (Å²) in [6.07, 6.45) is 1.60. The number of hydrogen-bond donors (Lipinski definition) is 0. The molecule has 1 atom stereocenters. The molecule has 67 heavy (non-hydrogen) atoms. The van der Waals surface area contributed by atoms with Crippen molar-refractivity contribution in [2.75, 3.05) is 0 Å². The SMILES string of the molecule is Cc1nc(-c2ccccc2)cc2c1nc(-c1[c-]ccc3c1oc1ccccc13)n2-c1c(C(C)C)cc(-c2ccccc2)cc1C(C)C.[2H]C(C)c1cc(-c2[c-]cc(C([2H])([2H])[2H])cc2)nc[c]1[Ge]([CH3])([CH3])[CH3].[Ir]. The second-order valence-corrected chi connectivity index (χ2v) is 29.2. The Hall–Kier alpha value is -5.92. The topological polar surface area (TPSA) is 56.7 Å². The summed E-state index contributed by atoms with van der Waals surface area (Å²) in [5.74, 6) is 8.17. The van der Waals surface area contributed by atoms with Crippen LogP contribution in [0.1, 0.15) is 79.9 Å². The Labute approximate surface area is 418 Å². The second kappa shape index (κ2) is 19.7. The average Bonchev–Trinajstić information content (AvgIpc) is 3.93. The van der Waals surface area contributed by atoms with E-state index in [1.807, 2.05) is 43.5 Å². The largest absolute Gasteiger partial charge is 0 e. The van der Waals surface area contributed by atoms with Crippen LogP contribution >= 0.6 is 0 Å². The summed E-state index contributed by atoms with van der Waals surface area (Å²) in [4.78, 5) is 15.0. The number of imidazole rings is 1. The Morgan fingerprint density at radius 3 is 2.03 bits per heavy atom. The molecule has 0 fully saturated rings. The first kappa shape index (κ1) is 42.4. The zero-order valence-corrected chi connectivity index (χ0v) is 44.1. The molecule has 4 heterocycles. The fourth-order valence-electron chi connectivity index (χ4n) is 8.92. The van der Waals surface area contributed by atoms with Crippen molar-refractivity contribution in [3.05, 3.63) is 186 Å². The van der Waals surface area contributed by atoms with Gasteiger partial charge in [0.15, 0.2) is 0 Å². The van der Waals surface area contributed by atoms with Gasteiger partial charge in [-0.05, 0) is 65.3 Å². The second-order valence-electron chi connectivity index (χ2n) is 18.7. The van der Waals surface area contributed by atoms with Gasteiger partial charge in [0.25, 0.3) is 0 Å². The molecule has 0 saturated carbocycles. The van der Waals surface area contributed by atoms with Gasteiger partial charge in [-0.15, -0.1) is 18.2 Å². The van der Waals surface area contributed by atoms with Crippen LogP contribution in [-0.4, -0.2) is 32.8 Å².